The van der Waals surface area contributed by atoms with E-state index < -0.39 is 15.0 Å². The van der Waals surface area contributed by atoms with Crippen LogP contribution in [0.4, 0.5) is 0 Å². The highest BCUT2D eigenvalue weighted by atomic mass is 35.5. The zero-order valence-electron chi connectivity index (χ0n) is 5.92. The quantitative estimate of drug-likeness (QED) is 0.729. The first-order valence-electron chi connectivity index (χ1n) is 2.93. The van der Waals surface area contributed by atoms with Crippen LogP contribution in [0.15, 0.2) is 17.0 Å². The minimum atomic E-state index is -4.60. The molecule has 71 valence electrons. The van der Waals surface area contributed by atoms with E-state index in [4.69, 9.17) is 34.8 Å². The Morgan fingerprint density at radius 3 is 1.85 bits per heavy atom. The van der Waals surface area contributed by atoms with Crippen molar-refractivity contribution in [2.75, 3.05) is 0 Å². The van der Waals surface area contributed by atoms with Gasteiger partial charge in [0.25, 0.3) is 0 Å². The molecule has 0 bridgehead atoms. The Kier molecular flexibility index (Phi) is 3.09. The van der Waals surface area contributed by atoms with Crippen LogP contribution in [0.5, 0.6) is 0 Å². The van der Waals surface area contributed by atoms with Crippen molar-refractivity contribution in [3.63, 3.8) is 0 Å². The Bertz CT molecular complexity index is 441. The second kappa shape index (κ2) is 3.63. The molecule has 3 nitrogen and oxygen atoms in total. The van der Waals surface area contributed by atoms with Crippen molar-refractivity contribution in [1.29, 1.82) is 0 Å². The van der Waals surface area contributed by atoms with Crippen LogP contribution in [0, 0.1) is 0 Å². The van der Waals surface area contributed by atoms with E-state index in [9.17, 15) is 13.0 Å². The first kappa shape index (κ1) is 11.1. The molecule has 0 fully saturated rings. The highest BCUT2D eigenvalue weighted by Gasteiger charge is 2.18. The maximum atomic E-state index is 10.6. The molecule has 1 aromatic carbocycles. The van der Waals surface area contributed by atoms with E-state index in [2.05, 4.69) is 0 Å². The van der Waals surface area contributed by atoms with Gasteiger partial charge in [-0.25, -0.2) is 0 Å². The second-order valence-corrected chi connectivity index (χ2v) is 4.72. The van der Waals surface area contributed by atoms with Crippen LogP contribution in [0.25, 0.3) is 0 Å². The van der Waals surface area contributed by atoms with Gasteiger partial charge in [0, 0.05) is 0 Å². The zero-order chi connectivity index (χ0) is 10.2. The Balaban J connectivity index is 3.50. The van der Waals surface area contributed by atoms with Gasteiger partial charge in [0.05, 0.1) is 15.1 Å². The van der Waals surface area contributed by atoms with E-state index in [1.807, 2.05) is 0 Å². The molecule has 0 N–H and O–H groups in total. The highest BCUT2D eigenvalue weighted by Crippen LogP contribution is 2.31. The van der Waals surface area contributed by atoms with Gasteiger partial charge in [-0.2, -0.15) is 8.42 Å². The molecule has 1 aromatic rings. The van der Waals surface area contributed by atoms with E-state index in [-0.39, 0.29) is 15.1 Å². The van der Waals surface area contributed by atoms with Gasteiger partial charge in [-0.05, 0) is 12.1 Å². The summed E-state index contributed by atoms with van der Waals surface area (Å²) < 4.78 is 31.7. The van der Waals surface area contributed by atoms with Crippen LogP contribution in [0.2, 0.25) is 15.1 Å². The minimum absolute atomic E-state index is 0.0273. The van der Waals surface area contributed by atoms with Crippen LogP contribution < -0.4 is 0 Å². The van der Waals surface area contributed by atoms with Crippen LogP contribution in [-0.4, -0.2) is 8.42 Å². The molecule has 13 heavy (non-hydrogen) atoms. The molecule has 0 aliphatic heterocycles. The van der Waals surface area contributed by atoms with Gasteiger partial charge in [0.2, 0.25) is 0 Å². The number of hydrogen-bond acceptors (Lipinski definition) is 2. The van der Waals surface area contributed by atoms with Gasteiger partial charge in [0.1, 0.15) is 4.90 Å². The smallest absolute Gasteiger partial charge is 0.191 e. The predicted octanol–water partition coefficient (Wildman–Crippen LogP) is 2.77. The maximum Gasteiger partial charge on any atom is 0.325 e. The van der Waals surface area contributed by atoms with Crippen molar-refractivity contribution in [3.05, 3.63) is 27.2 Å². The van der Waals surface area contributed by atoms with E-state index in [0.29, 0.717) is 0 Å². The fourth-order valence-corrected chi connectivity index (χ4v) is 2.15. The minimum Gasteiger partial charge on any atom is -0.191 e. The number of hydrogen-bond donors (Lipinski definition) is 0. The maximum absolute atomic E-state index is 10.6. The van der Waals surface area contributed by atoms with Crippen molar-refractivity contribution >= 4 is 44.9 Å². The van der Waals surface area contributed by atoms with Crippen molar-refractivity contribution < 1.29 is 13.0 Å². The monoisotopic (exact) mass is 259 g/mol. The Morgan fingerprint density at radius 2 is 1.38 bits per heavy atom. The summed E-state index contributed by atoms with van der Waals surface area (Å²) in [6, 6.07) is 2.03. The first-order valence-corrected chi connectivity index (χ1v) is 5.47. The van der Waals surface area contributed by atoms with Crippen LogP contribution in [-0.2, 0) is 14.7 Å². The van der Waals surface area contributed by atoms with Gasteiger partial charge < -0.3 is 0 Å². The molecule has 0 heterocycles. The first-order chi connectivity index (χ1) is 5.82. The lowest BCUT2D eigenvalue weighted by Crippen LogP contribution is -1.97. The lowest BCUT2D eigenvalue weighted by Gasteiger charge is -2.01. The standard InChI is InChI=1S/C6H2Cl3O3S/c7-3-1-5(9)6(2-4(3)8)13(10,11)12/h1-2H. The molecule has 0 saturated carbocycles. The SMILES string of the molecule is [O]S(=O)(=O)c1cc(Cl)c(Cl)cc1Cl. The van der Waals surface area contributed by atoms with Crippen LogP contribution in [0.3, 0.4) is 0 Å². The van der Waals surface area contributed by atoms with Crippen molar-refractivity contribution in [2.45, 2.75) is 4.90 Å². The van der Waals surface area contributed by atoms with Gasteiger partial charge in [-0.3, -0.25) is 0 Å². The molecule has 0 aliphatic carbocycles. The summed E-state index contributed by atoms with van der Waals surface area (Å²) in [7, 11) is -4.60. The number of halogens is 3. The molecule has 0 aliphatic rings. The normalized spacial score (nSPS) is 11.7. The molecule has 7 heteroatoms. The molecular weight excluding hydrogens is 258 g/mol. The molecule has 0 unspecified atom stereocenters. The van der Waals surface area contributed by atoms with Crippen molar-refractivity contribution in [3.8, 4) is 0 Å². The van der Waals surface area contributed by atoms with Crippen molar-refractivity contribution in [2.24, 2.45) is 0 Å². The average molecular weight is 261 g/mol. The molecule has 0 spiro atoms. The Morgan fingerprint density at radius 1 is 0.923 bits per heavy atom. The Hall–Kier alpha value is -0.000000000000000111. The lowest BCUT2D eigenvalue weighted by atomic mass is 10.4. The molecule has 0 saturated heterocycles. The van der Waals surface area contributed by atoms with E-state index >= 15 is 0 Å². The fraction of sp³-hybridized carbons (Fsp3) is 0. The third kappa shape index (κ3) is 2.48. The van der Waals surface area contributed by atoms with Crippen LogP contribution in [0.1, 0.15) is 0 Å². The summed E-state index contributed by atoms with van der Waals surface area (Å²) in [6.45, 7) is 0. The Labute approximate surface area is 90.0 Å². The fourth-order valence-electron chi connectivity index (χ4n) is 0.696. The number of benzene rings is 1. The lowest BCUT2D eigenvalue weighted by molar-refractivity contribution is 0.414. The topological polar surface area (TPSA) is 54.0 Å². The number of rotatable bonds is 1. The summed E-state index contributed by atoms with van der Waals surface area (Å²) in [5.41, 5.74) is 0. The van der Waals surface area contributed by atoms with Gasteiger partial charge in [-0.15, -0.1) is 0 Å². The molecule has 1 radical (unpaired) electrons. The summed E-state index contributed by atoms with van der Waals surface area (Å²) in [5.74, 6) is 0. The predicted molar refractivity (Wildman–Crippen MR) is 49.3 cm³/mol. The molecular formula is C6H2Cl3O3S. The summed E-state index contributed by atoms with van der Waals surface area (Å²) in [6.07, 6.45) is 0. The van der Waals surface area contributed by atoms with E-state index in [1.54, 1.807) is 0 Å². The zero-order valence-corrected chi connectivity index (χ0v) is 9.01. The second-order valence-electron chi connectivity index (χ2n) is 2.15. The van der Waals surface area contributed by atoms with Crippen LogP contribution >= 0.6 is 34.8 Å². The summed E-state index contributed by atoms with van der Waals surface area (Å²) in [5, 5.41) is -0.163. The molecule has 0 amide bonds. The largest absolute Gasteiger partial charge is 0.325 e. The average Bonchev–Trinajstić information content (AvgIpc) is 1.94. The third-order valence-corrected chi connectivity index (χ3v) is 3.27. The third-order valence-electron chi connectivity index (χ3n) is 1.24. The molecule has 0 aromatic heterocycles. The van der Waals surface area contributed by atoms with Crippen molar-refractivity contribution in [1.82, 2.24) is 0 Å². The van der Waals surface area contributed by atoms with Gasteiger partial charge >= 0.3 is 10.1 Å². The molecule has 1 rings (SSSR count). The molecule has 0 atom stereocenters. The highest BCUT2D eigenvalue weighted by molar-refractivity contribution is 7.85. The van der Waals surface area contributed by atoms with E-state index in [1.165, 1.54) is 0 Å². The summed E-state index contributed by atoms with van der Waals surface area (Å²) in [4.78, 5) is -0.566. The van der Waals surface area contributed by atoms with E-state index in [0.717, 1.165) is 12.1 Å². The van der Waals surface area contributed by atoms with Gasteiger partial charge in [-0.1, -0.05) is 39.4 Å². The van der Waals surface area contributed by atoms with Gasteiger partial charge in [0.15, 0.2) is 0 Å². The summed E-state index contributed by atoms with van der Waals surface area (Å²) >= 11 is 16.5.